The largest absolute Gasteiger partial charge is 0.325 e. The van der Waals surface area contributed by atoms with Crippen molar-refractivity contribution < 1.29 is 0 Å². The number of allylic oxidation sites excluding steroid dienone is 1. The van der Waals surface area contributed by atoms with E-state index in [0.29, 0.717) is 12.1 Å². The Kier molecular flexibility index (Phi) is 4.65. The first kappa shape index (κ1) is 16.0. The molecule has 0 aliphatic rings. The molecular formula is C18H13Br2N3. The fourth-order valence-electron chi connectivity index (χ4n) is 2.38. The number of fused-ring (bicyclic) bond motifs is 1. The Morgan fingerprint density at radius 3 is 2.65 bits per heavy atom. The fraction of sp³-hybridized carbons (Fsp3) is 0.111. The van der Waals surface area contributed by atoms with Gasteiger partial charge in [0.1, 0.15) is 0 Å². The van der Waals surface area contributed by atoms with Crippen LogP contribution in [0.3, 0.4) is 0 Å². The molecule has 1 heterocycles. The van der Waals surface area contributed by atoms with E-state index in [2.05, 4.69) is 42.9 Å². The molecule has 0 radical (unpaired) electrons. The topological polar surface area (TPSA) is 41.6 Å². The molecule has 0 fully saturated rings. The number of hydrogen-bond acceptors (Lipinski definition) is 2. The van der Waals surface area contributed by atoms with Crippen molar-refractivity contribution in [2.24, 2.45) is 0 Å². The minimum Gasteiger partial charge on any atom is -0.325 e. The lowest BCUT2D eigenvalue weighted by Gasteiger charge is -2.06. The third-order valence-corrected chi connectivity index (χ3v) is 5.30. The van der Waals surface area contributed by atoms with Crippen LogP contribution in [0.5, 0.6) is 0 Å². The van der Waals surface area contributed by atoms with Gasteiger partial charge in [0.2, 0.25) is 0 Å². The number of nitrogens with zero attached hydrogens (tertiary/aromatic N) is 3. The van der Waals surface area contributed by atoms with Crippen molar-refractivity contribution in [1.82, 2.24) is 9.55 Å². The molecule has 0 aliphatic carbocycles. The number of hydrogen-bond donors (Lipinski definition) is 0. The highest BCUT2D eigenvalue weighted by molar-refractivity contribution is 9.11. The van der Waals surface area contributed by atoms with Crippen LogP contribution < -0.4 is 0 Å². The molecule has 0 bridgehead atoms. The molecule has 3 rings (SSSR count). The highest BCUT2D eigenvalue weighted by Gasteiger charge is 2.06. The first-order chi connectivity index (χ1) is 11.1. The third-order valence-electron chi connectivity index (χ3n) is 3.66. The zero-order valence-electron chi connectivity index (χ0n) is 12.4. The first-order valence-electron chi connectivity index (χ1n) is 7.04. The van der Waals surface area contributed by atoms with Crippen LogP contribution in [0.15, 0.2) is 57.2 Å². The average Bonchev–Trinajstić information content (AvgIpc) is 2.95. The summed E-state index contributed by atoms with van der Waals surface area (Å²) in [5, 5.41) is 9.48. The maximum atomic E-state index is 9.48. The van der Waals surface area contributed by atoms with Gasteiger partial charge < -0.3 is 4.57 Å². The van der Waals surface area contributed by atoms with E-state index in [0.717, 1.165) is 31.1 Å². The van der Waals surface area contributed by atoms with Crippen LogP contribution in [0.1, 0.15) is 11.1 Å². The number of nitriles is 1. The van der Waals surface area contributed by atoms with Gasteiger partial charge in [0.15, 0.2) is 0 Å². The van der Waals surface area contributed by atoms with Crippen molar-refractivity contribution >= 4 is 49.0 Å². The molecular weight excluding hydrogens is 418 g/mol. The average molecular weight is 431 g/mol. The van der Waals surface area contributed by atoms with Crippen LogP contribution in [0.25, 0.3) is 17.1 Å². The summed E-state index contributed by atoms with van der Waals surface area (Å²) in [6, 6.07) is 14.2. The van der Waals surface area contributed by atoms with Crippen LogP contribution >= 0.6 is 31.9 Å². The van der Waals surface area contributed by atoms with E-state index < -0.39 is 0 Å². The van der Waals surface area contributed by atoms with E-state index in [-0.39, 0.29) is 0 Å². The number of benzene rings is 2. The molecule has 0 N–H and O–H groups in total. The van der Waals surface area contributed by atoms with Gasteiger partial charge in [0.05, 0.1) is 30.0 Å². The molecule has 23 heavy (non-hydrogen) atoms. The molecule has 0 saturated carbocycles. The summed E-state index contributed by atoms with van der Waals surface area (Å²) < 4.78 is 4.02. The Bertz CT molecular complexity index is 925. The quantitative estimate of drug-likeness (QED) is 0.516. The predicted molar refractivity (Wildman–Crippen MR) is 99.9 cm³/mol. The van der Waals surface area contributed by atoms with Gasteiger partial charge in [-0.05, 0) is 48.4 Å². The summed E-state index contributed by atoms with van der Waals surface area (Å²) in [5.74, 6) is 0. The van der Waals surface area contributed by atoms with E-state index in [1.807, 2.05) is 54.0 Å². The molecule has 114 valence electrons. The summed E-state index contributed by atoms with van der Waals surface area (Å²) in [4.78, 5) is 4.36. The molecule has 5 heteroatoms. The van der Waals surface area contributed by atoms with Gasteiger partial charge in [0, 0.05) is 14.5 Å². The Morgan fingerprint density at radius 1 is 1.26 bits per heavy atom. The molecule has 2 aromatic carbocycles. The van der Waals surface area contributed by atoms with E-state index in [4.69, 9.17) is 0 Å². The molecule has 3 nitrogen and oxygen atoms in total. The normalized spacial score (nSPS) is 11.7. The van der Waals surface area contributed by atoms with Crippen molar-refractivity contribution in [2.75, 3.05) is 0 Å². The summed E-state index contributed by atoms with van der Waals surface area (Å²) in [7, 11) is 0. The maximum absolute atomic E-state index is 9.48. The van der Waals surface area contributed by atoms with E-state index >= 15 is 0 Å². The van der Waals surface area contributed by atoms with Gasteiger partial charge in [-0.25, -0.2) is 4.98 Å². The molecule has 0 amide bonds. The molecule has 1 aromatic heterocycles. The standard InChI is InChI=1S/C18H13Br2N3/c1-12-15(19)7-13(8-16(12)20)6-14(9-21)10-23-11-22-17-4-2-3-5-18(17)23/h2-8,11H,10H2,1H3/b14-6-. The Morgan fingerprint density at radius 2 is 1.96 bits per heavy atom. The fourth-order valence-corrected chi connectivity index (χ4v) is 3.60. The maximum Gasteiger partial charge on any atom is 0.0966 e. The van der Waals surface area contributed by atoms with Crippen LogP contribution in [-0.4, -0.2) is 9.55 Å². The van der Waals surface area contributed by atoms with Crippen LogP contribution in [0.2, 0.25) is 0 Å². The summed E-state index contributed by atoms with van der Waals surface area (Å²) in [6.45, 7) is 2.53. The SMILES string of the molecule is Cc1c(Br)cc(/C=C(/C#N)Cn2cnc3ccccc32)cc1Br. The van der Waals surface area contributed by atoms with Gasteiger partial charge in [-0.2, -0.15) is 5.26 Å². The lowest BCUT2D eigenvalue weighted by Crippen LogP contribution is -1.98. The first-order valence-corrected chi connectivity index (χ1v) is 8.63. The molecule has 0 spiro atoms. The van der Waals surface area contributed by atoms with E-state index in [1.54, 1.807) is 6.33 Å². The summed E-state index contributed by atoms with van der Waals surface area (Å²) in [5.41, 5.74) is 4.76. The molecule has 0 saturated heterocycles. The van der Waals surface area contributed by atoms with Gasteiger partial charge in [0.25, 0.3) is 0 Å². The number of imidazole rings is 1. The number of halogens is 2. The van der Waals surface area contributed by atoms with Gasteiger partial charge >= 0.3 is 0 Å². The smallest absolute Gasteiger partial charge is 0.0966 e. The Labute approximate surface area is 151 Å². The molecule has 0 aliphatic heterocycles. The second kappa shape index (κ2) is 6.69. The van der Waals surface area contributed by atoms with Gasteiger partial charge in [-0.3, -0.25) is 0 Å². The Balaban J connectivity index is 1.96. The molecule has 0 atom stereocenters. The number of aromatic nitrogens is 2. The number of para-hydroxylation sites is 2. The van der Waals surface area contributed by atoms with E-state index in [1.165, 1.54) is 0 Å². The highest BCUT2D eigenvalue weighted by Crippen LogP contribution is 2.27. The van der Waals surface area contributed by atoms with Crippen molar-refractivity contribution in [2.45, 2.75) is 13.5 Å². The van der Waals surface area contributed by atoms with Crippen molar-refractivity contribution in [3.05, 3.63) is 68.4 Å². The van der Waals surface area contributed by atoms with Crippen molar-refractivity contribution in [3.8, 4) is 6.07 Å². The zero-order valence-corrected chi connectivity index (χ0v) is 15.6. The summed E-state index contributed by atoms with van der Waals surface area (Å²) >= 11 is 7.09. The second-order valence-electron chi connectivity index (χ2n) is 5.25. The van der Waals surface area contributed by atoms with Crippen LogP contribution in [0, 0.1) is 18.3 Å². The van der Waals surface area contributed by atoms with Crippen LogP contribution in [0.4, 0.5) is 0 Å². The lowest BCUT2D eigenvalue weighted by molar-refractivity contribution is 0.830. The minimum absolute atomic E-state index is 0.500. The minimum atomic E-state index is 0.500. The monoisotopic (exact) mass is 429 g/mol. The molecule has 3 aromatic rings. The van der Waals surface area contributed by atoms with Crippen molar-refractivity contribution in [3.63, 3.8) is 0 Å². The number of rotatable bonds is 3. The molecule has 0 unspecified atom stereocenters. The summed E-state index contributed by atoms with van der Waals surface area (Å²) in [6.07, 6.45) is 3.68. The third kappa shape index (κ3) is 3.39. The predicted octanol–water partition coefficient (Wildman–Crippen LogP) is 5.48. The Hall–Kier alpha value is -1.90. The zero-order chi connectivity index (χ0) is 16.4. The van der Waals surface area contributed by atoms with Crippen LogP contribution in [-0.2, 0) is 6.54 Å². The van der Waals surface area contributed by atoms with E-state index in [9.17, 15) is 5.26 Å². The lowest BCUT2D eigenvalue weighted by atomic mass is 10.1. The second-order valence-corrected chi connectivity index (χ2v) is 6.96. The van der Waals surface area contributed by atoms with Gasteiger partial charge in [-0.1, -0.05) is 44.0 Å². The van der Waals surface area contributed by atoms with Crippen molar-refractivity contribution in [1.29, 1.82) is 5.26 Å². The van der Waals surface area contributed by atoms with Gasteiger partial charge in [-0.15, -0.1) is 0 Å². The highest BCUT2D eigenvalue weighted by atomic mass is 79.9.